The van der Waals surface area contributed by atoms with E-state index in [1.807, 2.05) is 0 Å². The second-order valence-corrected chi connectivity index (χ2v) is 33.0. The fourth-order valence-corrected chi connectivity index (χ4v) is 16.2. The number of fused-ring (bicyclic) bond motifs is 15. The second-order valence-electron chi connectivity index (χ2n) is 31.7. The van der Waals surface area contributed by atoms with Crippen molar-refractivity contribution in [3.05, 3.63) is 164 Å². The van der Waals surface area contributed by atoms with Gasteiger partial charge in [-0.2, -0.15) is 0 Å². The molecule has 0 radical (unpaired) electrons. The largest absolute Gasteiger partial charge is 0.508 e. The molecular formula is C83H93Cl3N10O29. The Balaban J connectivity index is 0.967. The average molecular weight is 1800 g/mol. The number of furan rings is 1. The molecule has 7 aromatic rings. The number of halogens is 3. The molecule has 15 rings (SSSR count). The van der Waals surface area contributed by atoms with Crippen LogP contribution in [0.3, 0.4) is 0 Å². The molecule has 6 aromatic carbocycles. The number of phenolic OH excluding ortho intramolecular Hbond substituents is 3. The fourth-order valence-electron chi connectivity index (χ4n) is 15.6. The summed E-state index contributed by atoms with van der Waals surface area (Å²) in [7, 11) is 1.46. The monoisotopic (exact) mass is 1800 g/mol. The Bertz CT molecular complexity index is 5220. The number of rotatable bonds is 20. The standard InChI is InChI=1S/C83H93Cl3N10O29/c1-31(2)18-45(89-5)74(109)95-62-64(102)35-9-15-50(43(85)20-35)119-52-22-37-23-53(71(52)124-82-69(107)67(105)72(55(30-97)122-82)125-81-68(106)66(104)65(103)54(121-81)29-90-28-40-13-17-49(118-40)33-6-11-38(84)12-7-33)120-51-16-10-36(21-44(51)86)70(123-57-27-83(4,88)73(108)32(3)117-57)63-79(114)94-61(80(115)116)42-24-39(98)25-48(100)58(42)41-19-34(8-14-47(41)99)59(76(111)96-63)93-77(112)60(37)92-75(110)46(26-56(87)101)91-78(62)113/h6-17,19-25,31-32,45-46,54-55,57,59-70,72-73,81-82,89-90,97-100,102-108H,18,26-30,88H2,1-5H3,(H2,87,101)(H,91,113)(H,92,110)(H,93,112)(H,94,114)(H,95,109)(H,96,111)(H,115,116)/t32-,45+,46-,54+,55+,57-,59+,60+,61+,62?,63-,64+,65-,66-,67+,68+,69+,70+,72+,73-,81-,82-,83-/m0/s1. The Morgan fingerprint density at radius 1 is 0.648 bits per heavy atom. The van der Waals surface area contributed by atoms with Crippen LogP contribution in [0.1, 0.15) is 111 Å². The van der Waals surface area contributed by atoms with Crippen molar-refractivity contribution in [3.8, 4) is 68.4 Å². The van der Waals surface area contributed by atoms with Crippen LogP contribution in [0.25, 0.3) is 22.5 Å². The van der Waals surface area contributed by atoms with Gasteiger partial charge in [-0.05, 0) is 146 Å². The number of carbonyl (C=O) groups excluding carboxylic acids is 7. The van der Waals surface area contributed by atoms with E-state index in [0.717, 1.165) is 72.3 Å². The zero-order chi connectivity index (χ0) is 90.2. The molecule has 670 valence electrons. The molecule has 1 aromatic heterocycles. The van der Waals surface area contributed by atoms with Crippen LogP contribution in [0.15, 0.2) is 120 Å². The van der Waals surface area contributed by atoms with Crippen molar-refractivity contribution in [2.75, 3.05) is 20.2 Å². The molecule has 3 saturated heterocycles. The van der Waals surface area contributed by atoms with Crippen LogP contribution in [0.5, 0.6) is 46.0 Å². The Labute approximate surface area is 726 Å². The number of carboxylic acid groups (broad SMARTS) is 1. The summed E-state index contributed by atoms with van der Waals surface area (Å²) in [5.74, 6) is -15.8. The minimum atomic E-state index is -2.43. The predicted molar refractivity (Wildman–Crippen MR) is 436 cm³/mol. The van der Waals surface area contributed by atoms with Gasteiger partial charge < -0.3 is 158 Å². The van der Waals surface area contributed by atoms with Gasteiger partial charge in [0, 0.05) is 51.8 Å². The Hall–Kier alpha value is -10.6. The summed E-state index contributed by atoms with van der Waals surface area (Å²) in [6, 6.07) is 9.22. The maximum Gasteiger partial charge on any atom is 0.330 e. The topological polar surface area (TPSA) is 615 Å². The van der Waals surface area contributed by atoms with E-state index < -0.39 is 284 Å². The number of carboxylic acids is 1. The van der Waals surface area contributed by atoms with Crippen molar-refractivity contribution in [1.29, 1.82) is 0 Å². The highest BCUT2D eigenvalue weighted by Crippen LogP contribution is 2.50. The van der Waals surface area contributed by atoms with Gasteiger partial charge in [0.1, 0.15) is 132 Å². The SMILES string of the molecule is CN[C@H](CC(C)C)C(=O)NC1C(=O)N[C@@H](CC(N)=O)C(=O)N[C@H]2C(=O)N[C@H]3C(=O)N[C@H](C(=O)N[C@@H](C(=O)O)c4cc(O)cc(O)c4-c4cc3ccc4O)[C@H](O[C@H]3C[C@](C)(N)[C@@H](O)[C@H](C)O3)c3ccc(c(Cl)c3)Oc3cc2cc(c3O[C@@H]2O[C@H](CO)[C@@H](O[C@@H]3O[C@H](CNCc4ccc(-c5ccc(Cl)cc5)o4)[C@H](O)[C@H](O)[C@H]3O)[C@H](O)[C@H]2O)Oc2ccc(cc2Cl)[C@H]1O. The van der Waals surface area contributed by atoms with Crippen LogP contribution < -0.4 is 68.2 Å². The highest BCUT2D eigenvalue weighted by Gasteiger charge is 2.53. The summed E-state index contributed by atoms with van der Waals surface area (Å²) >= 11 is 20.6. The number of primary amides is 1. The Morgan fingerprint density at radius 2 is 1.28 bits per heavy atom. The first-order chi connectivity index (χ1) is 59.3. The van der Waals surface area contributed by atoms with E-state index in [1.165, 1.54) is 33.0 Å². The predicted octanol–water partition coefficient (Wildman–Crippen LogP) is 1.64. The summed E-state index contributed by atoms with van der Waals surface area (Å²) < 4.78 is 57.1. The highest BCUT2D eigenvalue weighted by molar-refractivity contribution is 6.32. The highest BCUT2D eigenvalue weighted by atomic mass is 35.5. The van der Waals surface area contributed by atoms with Gasteiger partial charge >= 0.3 is 5.97 Å². The van der Waals surface area contributed by atoms with Gasteiger partial charge in [0.15, 0.2) is 30.1 Å². The first kappa shape index (κ1) is 92.1. The normalized spacial score (nSPS) is 29.8. The molecule has 0 saturated carbocycles. The van der Waals surface area contributed by atoms with Crippen LogP contribution in [0.2, 0.25) is 15.1 Å². The number of phenols is 3. The van der Waals surface area contributed by atoms with Crippen LogP contribution in [0.4, 0.5) is 0 Å². The van der Waals surface area contributed by atoms with Crippen molar-refractivity contribution < 1.29 is 142 Å². The number of carbonyl (C=O) groups is 8. The van der Waals surface area contributed by atoms with Gasteiger partial charge in [0.05, 0.1) is 47.9 Å². The number of nitrogens with two attached hydrogens (primary N) is 2. The molecule has 0 aliphatic carbocycles. The van der Waals surface area contributed by atoms with Crippen molar-refractivity contribution in [1.82, 2.24) is 42.5 Å². The van der Waals surface area contributed by atoms with Gasteiger partial charge in [-0.15, -0.1) is 0 Å². The minimum absolute atomic E-state index is 0.0496. The van der Waals surface area contributed by atoms with Gasteiger partial charge in [-0.25, -0.2) is 4.79 Å². The molecule has 3 fully saturated rings. The lowest BCUT2D eigenvalue weighted by Crippen LogP contribution is -2.65. The number of hydrogen-bond acceptors (Lipinski definition) is 31. The molecule has 11 bridgehead atoms. The van der Waals surface area contributed by atoms with Crippen molar-refractivity contribution in [2.24, 2.45) is 17.4 Å². The average Bonchev–Trinajstić information content (AvgIpc) is 1.12. The molecule has 7 amide bonds. The maximum atomic E-state index is 16.4. The van der Waals surface area contributed by atoms with E-state index in [-0.39, 0.29) is 43.0 Å². The lowest BCUT2D eigenvalue weighted by Gasteiger charge is -2.46. The number of amides is 7. The van der Waals surface area contributed by atoms with E-state index in [9.17, 15) is 75.7 Å². The summed E-state index contributed by atoms with van der Waals surface area (Å²) in [6.07, 6.45) is -29.3. The minimum Gasteiger partial charge on any atom is -0.508 e. The van der Waals surface area contributed by atoms with Crippen LogP contribution in [-0.2, 0) is 68.6 Å². The zero-order valence-corrected chi connectivity index (χ0v) is 69.4. The third kappa shape index (κ3) is 20.1. The van der Waals surface area contributed by atoms with Crippen molar-refractivity contribution in [2.45, 2.75) is 193 Å². The van der Waals surface area contributed by atoms with E-state index in [4.69, 9.17) is 88.6 Å². The van der Waals surface area contributed by atoms with Gasteiger partial charge in [0.2, 0.25) is 53.4 Å². The number of ether oxygens (including phenoxy) is 8. The smallest absolute Gasteiger partial charge is 0.330 e. The third-order valence-electron chi connectivity index (χ3n) is 22.1. The number of aromatic hydroxyl groups is 3. The number of aliphatic hydroxyl groups excluding tert-OH is 8. The molecule has 9 heterocycles. The maximum absolute atomic E-state index is 16.4. The van der Waals surface area contributed by atoms with E-state index in [2.05, 4.69) is 42.5 Å². The molecule has 42 heteroatoms. The summed E-state index contributed by atoms with van der Waals surface area (Å²) in [6.45, 7) is 5.22. The van der Waals surface area contributed by atoms with E-state index in [1.54, 1.807) is 50.2 Å². The first-order valence-electron chi connectivity index (χ1n) is 39.5. The number of hydrogen-bond donors (Lipinski definition) is 22. The first-order valence-corrected chi connectivity index (χ1v) is 40.6. The molecule has 39 nitrogen and oxygen atoms in total. The molecule has 23 atom stereocenters. The second kappa shape index (κ2) is 38.3. The van der Waals surface area contributed by atoms with Gasteiger partial charge in [0.25, 0.3) is 0 Å². The fraction of sp³-hybridized carbons (Fsp3) is 0.422. The number of aliphatic carboxylic acids is 1. The quantitative estimate of drug-likeness (QED) is 0.0516. The lowest BCUT2D eigenvalue weighted by molar-refractivity contribution is -0.350. The van der Waals surface area contributed by atoms with E-state index >= 15 is 24.0 Å². The molecule has 1 unspecified atom stereocenters. The molecule has 0 spiro atoms. The Kier molecular flexibility index (Phi) is 28.2. The number of benzene rings is 6. The zero-order valence-electron chi connectivity index (χ0n) is 67.1. The van der Waals surface area contributed by atoms with Crippen LogP contribution in [-0.4, -0.2) is 238 Å². The number of aliphatic hydroxyl groups is 8. The molecule has 125 heavy (non-hydrogen) atoms. The summed E-state index contributed by atoms with van der Waals surface area (Å²) in [5, 5.41) is 160. The van der Waals surface area contributed by atoms with Crippen LogP contribution in [0, 0.1) is 5.92 Å². The van der Waals surface area contributed by atoms with Gasteiger partial charge in [-0.1, -0.05) is 66.8 Å². The molecule has 8 aliphatic rings. The van der Waals surface area contributed by atoms with Crippen LogP contribution >= 0.6 is 34.8 Å². The lowest BCUT2D eigenvalue weighted by atomic mass is 9.86. The van der Waals surface area contributed by atoms with Gasteiger partial charge in [-0.3, -0.25) is 33.6 Å². The van der Waals surface area contributed by atoms with Crippen molar-refractivity contribution in [3.63, 3.8) is 0 Å². The molecule has 8 aliphatic heterocycles. The van der Waals surface area contributed by atoms with E-state index in [0.29, 0.717) is 16.5 Å². The summed E-state index contributed by atoms with van der Waals surface area (Å²) in [5.41, 5.74) is 8.69. The Morgan fingerprint density at radius 3 is 1.92 bits per heavy atom. The van der Waals surface area contributed by atoms with Crippen molar-refractivity contribution >= 4 is 82.1 Å². The summed E-state index contributed by atoms with van der Waals surface area (Å²) in [4.78, 5) is 120. The third-order valence-corrected chi connectivity index (χ3v) is 23.0. The number of nitrogens with one attached hydrogen (secondary N) is 8. The number of likely N-dealkylation sites (N-methyl/N-ethyl adjacent to an activating group) is 1. The molecule has 24 N–H and O–H groups in total. The molecular weight excluding hydrogens is 1710 g/mol.